The number of nitrogens with zero attached hydrogens (tertiary/aromatic N) is 4. The zero-order valence-corrected chi connectivity index (χ0v) is 18.7. The van der Waals surface area contributed by atoms with E-state index in [1.807, 2.05) is 12.1 Å². The average molecular weight is 440 g/mol. The monoisotopic (exact) mass is 439 g/mol. The number of rotatable bonds is 9. The molecule has 0 aromatic carbocycles. The van der Waals surface area contributed by atoms with E-state index in [1.54, 1.807) is 7.05 Å². The van der Waals surface area contributed by atoms with Gasteiger partial charge >= 0.3 is 0 Å². The van der Waals surface area contributed by atoms with Gasteiger partial charge in [-0.2, -0.15) is 4.98 Å². The number of anilines is 1. The van der Waals surface area contributed by atoms with Gasteiger partial charge in [-0.05, 0) is 68.7 Å². The Morgan fingerprint density at radius 2 is 1.84 bits per heavy atom. The highest BCUT2D eigenvalue weighted by molar-refractivity contribution is 5.64. The van der Waals surface area contributed by atoms with Crippen molar-refractivity contribution in [2.75, 3.05) is 18.9 Å². The lowest BCUT2D eigenvalue weighted by Gasteiger charge is -2.24. The highest BCUT2D eigenvalue weighted by atomic mass is 16.5. The number of nitrogens with one attached hydrogen (secondary N) is 1. The summed E-state index contributed by atoms with van der Waals surface area (Å²) in [6.07, 6.45) is 10.9. The van der Waals surface area contributed by atoms with Crippen LogP contribution in [0.3, 0.4) is 0 Å². The topological polar surface area (TPSA) is 128 Å². The molecule has 9 heteroatoms. The summed E-state index contributed by atoms with van der Waals surface area (Å²) in [5.41, 5.74) is 9.51. The van der Waals surface area contributed by atoms with Crippen molar-refractivity contribution < 1.29 is 9.26 Å². The van der Waals surface area contributed by atoms with Gasteiger partial charge in [-0.25, -0.2) is 10.8 Å². The van der Waals surface area contributed by atoms with Gasteiger partial charge < -0.3 is 25.3 Å². The molecule has 0 radical (unpaired) electrons. The van der Waals surface area contributed by atoms with E-state index in [2.05, 4.69) is 15.5 Å². The molecule has 0 aliphatic heterocycles. The summed E-state index contributed by atoms with van der Waals surface area (Å²) >= 11 is 0. The molecule has 0 atom stereocenters. The molecule has 2 aromatic rings. The lowest BCUT2D eigenvalue weighted by molar-refractivity contribution is 0.153. The number of hydrogen-bond acceptors (Lipinski definition) is 9. The highest BCUT2D eigenvalue weighted by Crippen LogP contribution is 2.44. The van der Waals surface area contributed by atoms with E-state index in [9.17, 15) is 0 Å². The Kier molecular flexibility index (Phi) is 5.91. The second-order valence-corrected chi connectivity index (χ2v) is 9.29. The maximum absolute atomic E-state index is 6.54. The minimum atomic E-state index is 0.298. The largest absolute Gasteiger partial charge is 0.489 e. The predicted molar refractivity (Wildman–Crippen MR) is 122 cm³/mol. The highest BCUT2D eigenvalue weighted by Gasteiger charge is 2.31. The molecule has 5 N–H and O–H groups in total. The number of pyridine rings is 1. The van der Waals surface area contributed by atoms with Gasteiger partial charge in [-0.15, -0.1) is 0 Å². The lowest BCUT2D eigenvalue weighted by Crippen LogP contribution is -2.32. The Bertz CT molecular complexity index is 972. The Morgan fingerprint density at radius 3 is 2.53 bits per heavy atom. The molecule has 0 spiro atoms. The van der Waals surface area contributed by atoms with E-state index in [-0.39, 0.29) is 0 Å². The number of likely N-dealkylation sites (N-methyl/N-ethyl adjacent to an activating group) is 1. The molecule has 3 aliphatic carbocycles. The fourth-order valence-electron chi connectivity index (χ4n) is 4.25. The summed E-state index contributed by atoms with van der Waals surface area (Å²) in [4.78, 5) is 9.33. The Balaban J connectivity index is 1.34. The molecule has 3 aliphatic rings. The number of nitrogens with two attached hydrogens (primary N) is 2. The first-order valence-corrected chi connectivity index (χ1v) is 11.8. The summed E-state index contributed by atoms with van der Waals surface area (Å²) in [6, 6.07) is 3.96. The van der Waals surface area contributed by atoms with Gasteiger partial charge in [-0.1, -0.05) is 6.42 Å². The molecule has 0 amide bonds. The van der Waals surface area contributed by atoms with Gasteiger partial charge in [-0.3, -0.25) is 0 Å². The third-order valence-corrected chi connectivity index (χ3v) is 6.49. The van der Waals surface area contributed by atoms with Crippen molar-refractivity contribution in [2.45, 2.75) is 75.7 Å². The molecule has 3 saturated carbocycles. The van der Waals surface area contributed by atoms with Gasteiger partial charge in [0.1, 0.15) is 5.75 Å². The molecule has 2 heterocycles. The van der Waals surface area contributed by atoms with Crippen molar-refractivity contribution in [1.82, 2.24) is 20.1 Å². The van der Waals surface area contributed by atoms with Crippen LogP contribution in [0.25, 0.3) is 5.70 Å². The maximum Gasteiger partial charge on any atom is 0.263 e. The van der Waals surface area contributed by atoms with Gasteiger partial charge in [0.2, 0.25) is 5.89 Å². The molecule has 0 bridgehead atoms. The van der Waals surface area contributed by atoms with Crippen LogP contribution in [0.1, 0.15) is 86.9 Å². The quantitative estimate of drug-likeness (QED) is 0.397. The first-order valence-electron chi connectivity index (χ1n) is 11.8. The molecule has 3 fully saturated rings. The number of hydrazine groups is 1. The summed E-state index contributed by atoms with van der Waals surface area (Å²) < 4.78 is 11.7. The third kappa shape index (κ3) is 4.82. The minimum Gasteiger partial charge on any atom is -0.489 e. The van der Waals surface area contributed by atoms with Gasteiger partial charge in [0, 0.05) is 18.9 Å². The van der Waals surface area contributed by atoms with Crippen LogP contribution in [0.5, 0.6) is 5.75 Å². The fourth-order valence-corrected chi connectivity index (χ4v) is 4.25. The summed E-state index contributed by atoms with van der Waals surface area (Å²) in [5.74, 6) is 9.02. The van der Waals surface area contributed by atoms with Crippen LogP contribution in [0, 0.1) is 0 Å². The number of aromatic nitrogens is 3. The molecule has 0 unspecified atom stereocenters. The Hall–Kier alpha value is -2.81. The first-order chi connectivity index (χ1) is 15.6. The van der Waals surface area contributed by atoms with E-state index in [0.717, 1.165) is 50.0 Å². The number of hydrogen-bond donors (Lipinski definition) is 3. The van der Waals surface area contributed by atoms with E-state index in [4.69, 9.17) is 25.8 Å². The van der Waals surface area contributed by atoms with E-state index >= 15 is 0 Å². The van der Waals surface area contributed by atoms with Gasteiger partial charge in [0.25, 0.3) is 5.95 Å². The lowest BCUT2D eigenvalue weighted by atomic mass is 9.98. The normalized spacial score (nSPS) is 20.1. The van der Waals surface area contributed by atoms with Crippen molar-refractivity contribution in [3.8, 4) is 5.75 Å². The summed E-state index contributed by atoms with van der Waals surface area (Å²) in [6.45, 7) is 0.364. The zero-order valence-electron chi connectivity index (χ0n) is 18.7. The maximum atomic E-state index is 6.54. The molecule has 172 valence electrons. The minimum absolute atomic E-state index is 0.298. The zero-order chi connectivity index (χ0) is 22.1. The summed E-state index contributed by atoms with van der Waals surface area (Å²) in [7, 11) is 1.76. The van der Waals surface area contributed by atoms with Gasteiger partial charge in [0.05, 0.1) is 35.4 Å². The molecule has 5 rings (SSSR count). The van der Waals surface area contributed by atoms with Gasteiger partial charge in [0.15, 0.2) is 0 Å². The van der Waals surface area contributed by atoms with Crippen LogP contribution in [-0.2, 0) is 0 Å². The second-order valence-electron chi connectivity index (χ2n) is 9.29. The van der Waals surface area contributed by atoms with Crippen LogP contribution >= 0.6 is 0 Å². The van der Waals surface area contributed by atoms with Crippen molar-refractivity contribution in [3.05, 3.63) is 35.1 Å². The molecule has 2 aromatic heterocycles. The van der Waals surface area contributed by atoms with Crippen LogP contribution < -0.4 is 21.6 Å². The van der Waals surface area contributed by atoms with Crippen LogP contribution in [0.4, 0.5) is 5.95 Å². The first kappa shape index (κ1) is 21.1. The predicted octanol–water partition coefficient (Wildman–Crippen LogP) is 3.48. The average Bonchev–Trinajstić information content (AvgIpc) is 3.73. The van der Waals surface area contributed by atoms with E-state index < -0.39 is 0 Å². The van der Waals surface area contributed by atoms with Crippen LogP contribution in [-0.4, -0.2) is 39.8 Å². The smallest absolute Gasteiger partial charge is 0.263 e. The number of ether oxygens (including phenoxy) is 1. The van der Waals surface area contributed by atoms with Crippen molar-refractivity contribution in [1.29, 1.82) is 0 Å². The SMILES string of the molecule is CN(N)/C(CNc1noc(C2CC2)n1)=C(\N)c1ccc(OC2CCCCC2)c(C2CC2)n1. The van der Waals surface area contributed by atoms with E-state index in [1.165, 1.54) is 24.3 Å². The molecular weight excluding hydrogens is 406 g/mol. The molecule has 0 saturated heterocycles. The standard InChI is InChI=1S/C23H33N7O2/c1-30(25)18(13-26-23-28-22(32-29-23)15-9-10-15)20(24)17-11-12-19(21(27-17)14-7-8-14)31-16-5-3-2-4-6-16/h11-12,14-16H,2-10,13,24-25H2,1H3,(H,26,29)/b20-18-. The van der Waals surface area contributed by atoms with E-state index in [0.29, 0.717) is 53.4 Å². The Morgan fingerprint density at radius 1 is 1.09 bits per heavy atom. The third-order valence-electron chi connectivity index (χ3n) is 6.49. The molecule has 32 heavy (non-hydrogen) atoms. The Labute approximate surface area is 188 Å². The second kappa shape index (κ2) is 8.97. The van der Waals surface area contributed by atoms with Crippen molar-refractivity contribution >= 4 is 11.6 Å². The van der Waals surface area contributed by atoms with Crippen molar-refractivity contribution in [2.24, 2.45) is 11.6 Å². The summed E-state index contributed by atoms with van der Waals surface area (Å²) in [5, 5.41) is 8.68. The van der Waals surface area contributed by atoms with Crippen LogP contribution in [0.15, 0.2) is 22.4 Å². The van der Waals surface area contributed by atoms with Crippen LogP contribution in [0.2, 0.25) is 0 Å². The molecular formula is C23H33N7O2. The molecule has 9 nitrogen and oxygen atoms in total. The van der Waals surface area contributed by atoms with Crippen molar-refractivity contribution in [3.63, 3.8) is 0 Å². The fraction of sp³-hybridized carbons (Fsp3) is 0.609.